The van der Waals surface area contributed by atoms with Crippen LogP contribution in [0.2, 0.25) is 0 Å². The third kappa shape index (κ3) is 2.41. The number of nitrogens with two attached hydrogens (primary N) is 1. The fraction of sp³-hybridized carbons (Fsp3) is 0.588. The first-order valence-corrected chi connectivity index (χ1v) is 7.59. The van der Waals surface area contributed by atoms with Crippen LogP contribution in [0.25, 0.3) is 0 Å². The minimum absolute atomic E-state index is 0.246. The molecule has 3 nitrogen and oxygen atoms in total. The van der Waals surface area contributed by atoms with Crippen molar-refractivity contribution < 1.29 is 0 Å². The maximum Gasteiger partial charge on any atom is 0.196 e. The third-order valence-electron chi connectivity index (χ3n) is 4.27. The molecule has 0 amide bonds. The van der Waals surface area contributed by atoms with Crippen LogP contribution in [0.15, 0.2) is 23.2 Å². The highest BCUT2D eigenvalue weighted by atomic mass is 15.3. The third-order valence-corrected chi connectivity index (χ3v) is 4.27. The highest BCUT2D eigenvalue weighted by Gasteiger charge is 2.33. The Hall–Kier alpha value is -1.51. The molecule has 0 aliphatic carbocycles. The van der Waals surface area contributed by atoms with Gasteiger partial charge in [-0.25, -0.2) is 4.99 Å². The Morgan fingerprint density at radius 1 is 1.05 bits per heavy atom. The Kier molecular flexibility index (Phi) is 4.07. The Morgan fingerprint density at radius 2 is 1.55 bits per heavy atom. The molecule has 0 fully saturated rings. The van der Waals surface area contributed by atoms with E-state index in [9.17, 15) is 0 Å². The van der Waals surface area contributed by atoms with Crippen molar-refractivity contribution in [1.29, 1.82) is 0 Å². The molecule has 1 heterocycles. The van der Waals surface area contributed by atoms with Crippen molar-refractivity contribution in [3.05, 3.63) is 29.3 Å². The Balaban J connectivity index is 2.62. The average Bonchev–Trinajstić information content (AvgIpc) is 2.62. The van der Waals surface area contributed by atoms with Gasteiger partial charge in [0.25, 0.3) is 0 Å². The first kappa shape index (κ1) is 14.9. The van der Waals surface area contributed by atoms with E-state index in [0.717, 1.165) is 0 Å². The smallest absolute Gasteiger partial charge is 0.196 e. The van der Waals surface area contributed by atoms with Gasteiger partial charge in [0.15, 0.2) is 5.96 Å². The van der Waals surface area contributed by atoms with E-state index in [0.29, 0.717) is 23.8 Å². The molecule has 1 aliphatic heterocycles. The average molecular weight is 273 g/mol. The van der Waals surface area contributed by atoms with Crippen molar-refractivity contribution in [3.8, 4) is 0 Å². The van der Waals surface area contributed by atoms with Gasteiger partial charge in [0.1, 0.15) is 0 Å². The van der Waals surface area contributed by atoms with E-state index in [4.69, 9.17) is 5.73 Å². The maximum atomic E-state index is 6.21. The molecule has 2 N–H and O–H groups in total. The number of benzene rings is 1. The molecule has 1 aromatic rings. The molecule has 110 valence electrons. The normalized spacial score (nSPS) is 22.8. The number of aliphatic imine (C=N–C) groups is 1. The summed E-state index contributed by atoms with van der Waals surface area (Å²) in [6, 6.07) is 7.15. The molecule has 20 heavy (non-hydrogen) atoms. The van der Waals surface area contributed by atoms with Gasteiger partial charge in [0, 0.05) is 0 Å². The summed E-state index contributed by atoms with van der Waals surface area (Å²) in [7, 11) is 0. The summed E-state index contributed by atoms with van der Waals surface area (Å²) in [4.78, 5) is 6.78. The second-order valence-electron chi connectivity index (χ2n) is 6.43. The molecule has 1 aliphatic rings. The number of rotatable bonds is 3. The number of hydrogen-bond acceptors (Lipinski definition) is 3. The van der Waals surface area contributed by atoms with Gasteiger partial charge in [0.2, 0.25) is 0 Å². The lowest BCUT2D eigenvalue weighted by Gasteiger charge is -2.31. The van der Waals surface area contributed by atoms with Crippen molar-refractivity contribution in [2.24, 2.45) is 10.7 Å². The standard InChI is InChI=1S/C17H27N3/c1-10(2)14-8-7-9-15(11(3)4)16(14)20-13(6)12(5)19-17(20)18/h7-13H,1-6H3,(H2,18,19). The van der Waals surface area contributed by atoms with Crippen LogP contribution in [0.5, 0.6) is 0 Å². The molecule has 1 aromatic carbocycles. The zero-order valence-corrected chi connectivity index (χ0v) is 13.5. The zero-order valence-electron chi connectivity index (χ0n) is 13.5. The molecule has 0 saturated heterocycles. The quantitative estimate of drug-likeness (QED) is 0.909. The molecule has 0 bridgehead atoms. The first-order valence-electron chi connectivity index (χ1n) is 7.59. The fourth-order valence-corrected chi connectivity index (χ4v) is 2.91. The highest BCUT2D eigenvalue weighted by Crippen LogP contribution is 2.38. The molecule has 2 rings (SSSR count). The summed E-state index contributed by atoms with van der Waals surface area (Å²) in [5.74, 6) is 1.60. The van der Waals surface area contributed by atoms with Gasteiger partial charge < -0.3 is 10.6 Å². The molecule has 0 spiro atoms. The van der Waals surface area contributed by atoms with Crippen LogP contribution in [0, 0.1) is 0 Å². The lowest BCUT2D eigenvalue weighted by Crippen LogP contribution is -2.42. The summed E-state index contributed by atoms with van der Waals surface area (Å²) in [6.07, 6.45) is 0. The molecular formula is C17H27N3. The van der Waals surface area contributed by atoms with E-state index in [1.54, 1.807) is 0 Å². The van der Waals surface area contributed by atoms with Crippen LogP contribution < -0.4 is 10.6 Å². The summed E-state index contributed by atoms with van der Waals surface area (Å²) >= 11 is 0. The van der Waals surface area contributed by atoms with E-state index < -0.39 is 0 Å². The Labute approximate surface area is 122 Å². The van der Waals surface area contributed by atoms with E-state index >= 15 is 0 Å². The van der Waals surface area contributed by atoms with Crippen LogP contribution in [-0.2, 0) is 0 Å². The zero-order chi connectivity index (χ0) is 15.0. The number of nitrogens with zero attached hydrogens (tertiary/aromatic N) is 2. The summed E-state index contributed by atoms with van der Waals surface area (Å²) in [5, 5.41) is 0. The van der Waals surface area contributed by atoms with Crippen LogP contribution in [-0.4, -0.2) is 18.0 Å². The van der Waals surface area contributed by atoms with Crippen LogP contribution >= 0.6 is 0 Å². The van der Waals surface area contributed by atoms with Crippen LogP contribution in [0.3, 0.4) is 0 Å². The predicted molar refractivity (Wildman–Crippen MR) is 87.6 cm³/mol. The number of anilines is 1. The van der Waals surface area contributed by atoms with Gasteiger partial charge in [-0.2, -0.15) is 0 Å². The van der Waals surface area contributed by atoms with E-state index in [1.165, 1.54) is 16.8 Å². The Morgan fingerprint density at radius 3 is 1.90 bits per heavy atom. The summed E-state index contributed by atoms with van der Waals surface area (Å²) in [5.41, 5.74) is 10.2. The topological polar surface area (TPSA) is 41.6 Å². The minimum atomic E-state index is 0.246. The summed E-state index contributed by atoms with van der Waals surface area (Å²) < 4.78 is 0. The monoisotopic (exact) mass is 273 g/mol. The maximum absolute atomic E-state index is 6.21. The highest BCUT2D eigenvalue weighted by molar-refractivity contribution is 5.99. The van der Waals surface area contributed by atoms with Gasteiger partial charge in [-0.05, 0) is 36.8 Å². The van der Waals surface area contributed by atoms with Gasteiger partial charge in [0.05, 0.1) is 17.8 Å². The molecule has 0 aromatic heterocycles. The van der Waals surface area contributed by atoms with Gasteiger partial charge in [-0.1, -0.05) is 45.9 Å². The van der Waals surface area contributed by atoms with Crippen molar-refractivity contribution >= 4 is 11.6 Å². The summed E-state index contributed by atoms with van der Waals surface area (Å²) in [6.45, 7) is 13.3. The van der Waals surface area contributed by atoms with Crippen LogP contribution in [0.1, 0.15) is 64.5 Å². The first-order chi connectivity index (χ1) is 9.34. The SMILES string of the molecule is CC(C)c1cccc(C(C)C)c1N1C(N)=NC(C)C1C. The molecule has 2 unspecified atom stereocenters. The number of hydrogen-bond donors (Lipinski definition) is 1. The molecule has 0 saturated carbocycles. The second kappa shape index (κ2) is 5.47. The van der Waals surface area contributed by atoms with Gasteiger partial charge in [-0.15, -0.1) is 0 Å². The molecular weight excluding hydrogens is 246 g/mol. The number of para-hydroxylation sites is 1. The van der Waals surface area contributed by atoms with Crippen molar-refractivity contribution in [2.45, 2.75) is 65.5 Å². The fourth-order valence-electron chi connectivity index (χ4n) is 2.91. The predicted octanol–water partition coefficient (Wildman–Crippen LogP) is 3.85. The van der Waals surface area contributed by atoms with Gasteiger partial charge in [-0.3, -0.25) is 0 Å². The minimum Gasteiger partial charge on any atom is -0.369 e. The van der Waals surface area contributed by atoms with Gasteiger partial charge >= 0.3 is 0 Å². The lowest BCUT2D eigenvalue weighted by atomic mass is 9.91. The van der Waals surface area contributed by atoms with Crippen LogP contribution in [0.4, 0.5) is 5.69 Å². The van der Waals surface area contributed by atoms with Crippen molar-refractivity contribution in [2.75, 3.05) is 4.90 Å². The molecule has 2 atom stereocenters. The van der Waals surface area contributed by atoms with E-state index in [2.05, 4.69) is 69.6 Å². The van der Waals surface area contributed by atoms with E-state index in [-0.39, 0.29) is 6.04 Å². The Bertz CT molecular complexity index is 491. The van der Waals surface area contributed by atoms with E-state index in [1.807, 2.05) is 0 Å². The molecule has 0 radical (unpaired) electrons. The van der Waals surface area contributed by atoms with Crippen molar-refractivity contribution in [3.63, 3.8) is 0 Å². The lowest BCUT2D eigenvalue weighted by molar-refractivity contribution is 0.634. The molecule has 3 heteroatoms. The number of guanidine groups is 1. The van der Waals surface area contributed by atoms with Crippen molar-refractivity contribution in [1.82, 2.24) is 0 Å². The largest absolute Gasteiger partial charge is 0.369 e. The second-order valence-corrected chi connectivity index (χ2v) is 6.43.